The molecule has 5 nitrogen and oxygen atoms in total. The van der Waals surface area contributed by atoms with Crippen molar-refractivity contribution in [2.75, 3.05) is 7.11 Å². The normalized spacial score (nSPS) is 10.7. The molecule has 0 bridgehead atoms. The topological polar surface area (TPSA) is 89.6 Å². The zero-order chi connectivity index (χ0) is 8.15. The SMILES string of the molecule is CO/C(=C/C(N)=O)C(=O)O. The van der Waals surface area contributed by atoms with Crippen LogP contribution in [0.3, 0.4) is 0 Å². The third-order valence-corrected chi connectivity index (χ3v) is 0.704. The molecule has 5 heteroatoms. The van der Waals surface area contributed by atoms with Crippen LogP contribution in [0.25, 0.3) is 0 Å². The van der Waals surface area contributed by atoms with Gasteiger partial charge in [0, 0.05) is 0 Å². The average molecular weight is 145 g/mol. The molecule has 56 valence electrons. The van der Waals surface area contributed by atoms with Crippen molar-refractivity contribution < 1.29 is 19.4 Å². The number of methoxy groups -OCH3 is 1. The largest absolute Gasteiger partial charge is 0.490 e. The lowest BCUT2D eigenvalue weighted by Gasteiger charge is -1.96. The molecule has 0 rings (SSSR count). The molecule has 0 aromatic rings. The number of ether oxygens (including phenoxy) is 1. The van der Waals surface area contributed by atoms with Crippen molar-refractivity contribution in [2.45, 2.75) is 0 Å². The summed E-state index contributed by atoms with van der Waals surface area (Å²) in [6.45, 7) is 0. The maximum atomic E-state index is 10.1. The van der Waals surface area contributed by atoms with Crippen LogP contribution in [0.1, 0.15) is 0 Å². The highest BCUT2D eigenvalue weighted by molar-refractivity contribution is 5.95. The molecule has 0 unspecified atom stereocenters. The number of carbonyl (C=O) groups excluding carboxylic acids is 1. The Morgan fingerprint density at radius 3 is 2.20 bits per heavy atom. The Morgan fingerprint density at radius 2 is 2.10 bits per heavy atom. The van der Waals surface area contributed by atoms with Gasteiger partial charge < -0.3 is 15.6 Å². The van der Waals surface area contributed by atoms with E-state index in [-0.39, 0.29) is 0 Å². The second-order valence-electron chi connectivity index (χ2n) is 1.42. The number of amides is 1. The molecule has 0 atom stereocenters. The molecule has 0 heterocycles. The zero-order valence-corrected chi connectivity index (χ0v) is 5.33. The first-order valence-corrected chi connectivity index (χ1v) is 2.36. The Balaban J connectivity index is 4.34. The number of hydrogen-bond donors (Lipinski definition) is 2. The van der Waals surface area contributed by atoms with Gasteiger partial charge in [0.15, 0.2) is 0 Å². The zero-order valence-electron chi connectivity index (χ0n) is 5.33. The van der Waals surface area contributed by atoms with Crippen LogP contribution in [0.4, 0.5) is 0 Å². The molecule has 1 amide bonds. The van der Waals surface area contributed by atoms with E-state index in [4.69, 9.17) is 5.11 Å². The Bertz CT molecular complexity index is 184. The second kappa shape index (κ2) is 3.49. The fraction of sp³-hybridized carbons (Fsp3) is 0.200. The van der Waals surface area contributed by atoms with Crippen LogP contribution in [0, 0.1) is 0 Å². The molecular formula is C5H7NO4. The number of primary amides is 1. The Hall–Kier alpha value is -1.52. The number of nitrogens with two attached hydrogens (primary N) is 1. The first-order valence-electron chi connectivity index (χ1n) is 2.36. The summed E-state index contributed by atoms with van der Waals surface area (Å²) in [5, 5.41) is 8.22. The molecule has 0 aromatic heterocycles. The van der Waals surface area contributed by atoms with Crippen LogP contribution in [0.2, 0.25) is 0 Å². The lowest BCUT2D eigenvalue weighted by molar-refractivity contribution is -0.136. The van der Waals surface area contributed by atoms with Crippen LogP contribution < -0.4 is 5.73 Å². The molecule has 0 spiro atoms. The molecule has 0 aliphatic carbocycles. The third kappa shape index (κ3) is 2.71. The molecule has 0 fully saturated rings. The monoisotopic (exact) mass is 145 g/mol. The van der Waals surface area contributed by atoms with Gasteiger partial charge in [0.1, 0.15) is 0 Å². The lowest BCUT2D eigenvalue weighted by atomic mass is 10.4. The number of hydrogen-bond acceptors (Lipinski definition) is 3. The van der Waals surface area contributed by atoms with Crippen molar-refractivity contribution in [1.82, 2.24) is 0 Å². The van der Waals surface area contributed by atoms with Gasteiger partial charge in [-0.3, -0.25) is 4.79 Å². The van der Waals surface area contributed by atoms with Crippen molar-refractivity contribution in [3.63, 3.8) is 0 Å². The first-order chi connectivity index (χ1) is 4.57. The Labute approximate surface area is 57.1 Å². The van der Waals surface area contributed by atoms with Crippen molar-refractivity contribution in [2.24, 2.45) is 5.73 Å². The highest BCUT2D eigenvalue weighted by atomic mass is 16.5. The first kappa shape index (κ1) is 8.48. The van der Waals surface area contributed by atoms with Crippen molar-refractivity contribution in [3.05, 3.63) is 11.8 Å². The van der Waals surface area contributed by atoms with E-state index in [0.29, 0.717) is 6.08 Å². The van der Waals surface area contributed by atoms with Gasteiger partial charge >= 0.3 is 5.97 Å². The average Bonchev–Trinajstić information content (AvgIpc) is 1.81. The maximum absolute atomic E-state index is 10.1. The summed E-state index contributed by atoms with van der Waals surface area (Å²) in [6.07, 6.45) is 0.697. The molecule has 0 aliphatic rings. The standard InChI is InChI=1S/C5H7NO4/c1-10-3(5(8)9)2-4(6)7/h2H,1H3,(H2,6,7)(H,8,9)/b3-2+. The van der Waals surface area contributed by atoms with Gasteiger partial charge in [-0.1, -0.05) is 0 Å². The minimum Gasteiger partial charge on any atom is -0.490 e. The predicted octanol–water partition coefficient (Wildman–Crippen LogP) is -0.913. The number of aliphatic carboxylic acids is 1. The summed E-state index contributed by atoms with van der Waals surface area (Å²) in [4.78, 5) is 20.1. The van der Waals surface area contributed by atoms with E-state index in [9.17, 15) is 9.59 Å². The van der Waals surface area contributed by atoms with Gasteiger partial charge in [-0.15, -0.1) is 0 Å². The highest BCUT2D eigenvalue weighted by Gasteiger charge is 2.06. The quantitative estimate of drug-likeness (QED) is 0.397. The van der Waals surface area contributed by atoms with Gasteiger partial charge in [0.05, 0.1) is 13.2 Å². The molecule has 0 saturated heterocycles. The van der Waals surface area contributed by atoms with Crippen molar-refractivity contribution in [1.29, 1.82) is 0 Å². The van der Waals surface area contributed by atoms with E-state index in [1.807, 2.05) is 0 Å². The molecule has 0 radical (unpaired) electrons. The van der Waals surface area contributed by atoms with E-state index in [1.54, 1.807) is 0 Å². The van der Waals surface area contributed by atoms with Gasteiger partial charge in [-0.25, -0.2) is 4.79 Å². The fourth-order valence-corrected chi connectivity index (χ4v) is 0.337. The summed E-state index contributed by atoms with van der Waals surface area (Å²) >= 11 is 0. The van der Waals surface area contributed by atoms with Gasteiger partial charge in [0.25, 0.3) is 0 Å². The van der Waals surface area contributed by atoms with Crippen molar-refractivity contribution in [3.8, 4) is 0 Å². The molecular weight excluding hydrogens is 138 g/mol. The van der Waals surface area contributed by atoms with Gasteiger partial charge in [0.2, 0.25) is 11.7 Å². The minimum absolute atomic E-state index is 0.465. The minimum atomic E-state index is -1.32. The Morgan fingerprint density at radius 1 is 1.60 bits per heavy atom. The number of carboxylic acids is 1. The molecule has 10 heavy (non-hydrogen) atoms. The van der Waals surface area contributed by atoms with Crippen LogP contribution in [-0.2, 0) is 14.3 Å². The second-order valence-corrected chi connectivity index (χ2v) is 1.42. The highest BCUT2D eigenvalue weighted by Crippen LogP contribution is 1.92. The fourth-order valence-electron chi connectivity index (χ4n) is 0.337. The van der Waals surface area contributed by atoms with Crippen molar-refractivity contribution >= 4 is 11.9 Å². The summed E-state index contributed by atoms with van der Waals surface area (Å²) in [5.74, 6) is -2.63. The van der Waals surface area contributed by atoms with E-state index in [1.165, 1.54) is 0 Å². The Kier molecular flexibility index (Phi) is 2.96. The van der Waals surface area contributed by atoms with Crippen LogP contribution >= 0.6 is 0 Å². The maximum Gasteiger partial charge on any atom is 0.371 e. The molecule has 0 aromatic carbocycles. The number of carboxylic acid groups (broad SMARTS) is 1. The molecule has 3 N–H and O–H groups in total. The third-order valence-electron chi connectivity index (χ3n) is 0.704. The summed E-state index contributed by atoms with van der Waals surface area (Å²) in [6, 6.07) is 0. The molecule has 0 aliphatic heterocycles. The summed E-state index contributed by atoms with van der Waals surface area (Å²) < 4.78 is 4.28. The summed E-state index contributed by atoms with van der Waals surface area (Å²) in [5.41, 5.74) is 4.65. The summed E-state index contributed by atoms with van der Waals surface area (Å²) in [7, 11) is 1.14. The van der Waals surface area contributed by atoms with E-state index in [2.05, 4.69) is 10.5 Å². The van der Waals surface area contributed by atoms with Gasteiger partial charge in [-0.05, 0) is 0 Å². The van der Waals surface area contributed by atoms with E-state index < -0.39 is 17.6 Å². The lowest BCUT2D eigenvalue weighted by Crippen LogP contribution is -2.11. The van der Waals surface area contributed by atoms with Crippen LogP contribution in [-0.4, -0.2) is 24.1 Å². The number of carbonyl (C=O) groups is 2. The number of rotatable bonds is 3. The predicted molar refractivity (Wildman–Crippen MR) is 31.9 cm³/mol. The van der Waals surface area contributed by atoms with E-state index >= 15 is 0 Å². The van der Waals surface area contributed by atoms with Crippen LogP contribution in [0.15, 0.2) is 11.8 Å². The van der Waals surface area contributed by atoms with Crippen LogP contribution in [0.5, 0.6) is 0 Å². The van der Waals surface area contributed by atoms with Gasteiger partial charge in [-0.2, -0.15) is 0 Å². The molecule has 0 saturated carbocycles. The smallest absolute Gasteiger partial charge is 0.371 e. The van der Waals surface area contributed by atoms with E-state index in [0.717, 1.165) is 7.11 Å².